The van der Waals surface area contributed by atoms with Gasteiger partial charge in [-0.05, 0) is 25.7 Å². The zero-order valence-electron chi connectivity index (χ0n) is 11.0. The standard InChI is InChI=1S/C13H22N4/c1-9-6-4-5-7-11(9)17(3)12-10(2)8-15-13(14)16-12/h8-9,11H,4-7H2,1-3H3,(H2,14,15,16). The molecule has 4 heteroatoms. The minimum atomic E-state index is 0.362. The lowest BCUT2D eigenvalue weighted by atomic mass is 9.85. The fraction of sp³-hybridized carbons (Fsp3) is 0.692. The molecule has 1 aromatic heterocycles. The van der Waals surface area contributed by atoms with E-state index < -0.39 is 0 Å². The van der Waals surface area contributed by atoms with Gasteiger partial charge < -0.3 is 10.6 Å². The molecule has 1 saturated carbocycles. The van der Waals surface area contributed by atoms with Gasteiger partial charge in [-0.3, -0.25) is 0 Å². The summed E-state index contributed by atoms with van der Waals surface area (Å²) in [7, 11) is 2.13. The van der Waals surface area contributed by atoms with E-state index in [1.165, 1.54) is 25.7 Å². The Kier molecular flexibility index (Phi) is 3.50. The van der Waals surface area contributed by atoms with Crippen molar-refractivity contribution in [3.05, 3.63) is 11.8 Å². The van der Waals surface area contributed by atoms with E-state index in [9.17, 15) is 0 Å². The highest BCUT2D eigenvalue weighted by molar-refractivity contribution is 5.48. The number of hydrogen-bond acceptors (Lipinski definition) is 4. The van der Waals surface area contributed by atoms with Gasteiger partial charge in [0.05, 0.1) is 0 Å². The maximum atomic E-state index is 5.68. The normalized spacial score (nSPS) is 24.6. The first-order chi connectivity index (χ1) is 8.09. The van der Waals surface area contributed by atoms with Crippen LogP contribution >= 0.6 is 0 Å². The molecule has 0 aromatic carbocycles. The van der Waals surface area contributed by atoms with Crippen LogP contribution in [-0.2, 0) is 0 Å². The quantitative estimate of drug-likeness (QED) is 0.853. The summed E-state index contributed by atoms with van der Waals surface area (Å²) in [6, 6.07) is 0.580. The van der Waals surface area contributed by atoms with Crippen LogP contribution in [0.25, 0.3) is 0 Å². The van der Waals surface area contributed by atoms with Crippen LogP contribution in [0.2, 0.25) is 0 Å². The third-order valence-electron chi connectivity index (χ3n) is 3.86. The van der Waals surface area contributed by atoms with E-state index in [0.29, 0.717) is 12.0 Å². The topological polar surface area (TPSA) is 55.0 Å². The van der Waals surface area contributed by atoms with Gasteiger partial charge in [0.1, 0.15) is 5.82 Å². The molecule has 0 spiro atoms. The maximum absolute atomic E-state index is 5.68. The van der Waals surface area contributed by atoms with Crippen LogP contribution in [0.4, 0.5) is 11.8 Å². The second kappa shape index (κ2) is 4.90. The lowest BCUT2D eigenvalue weighted by Gasteiger charge is -2.37. The summed E-state index contributed by atoms with van der Waals surface area (Å²) in [6.45, 7) is 4.37. The summed E-state index contributed by atoms with van der Waals surface area (Å²) in [6.07, 6.45) is 7.05. The Morgan fingerprint density at radius 1 is 1.35 bits per heavy atom. The molecule has 0 amide bonds. The highest BCUT2D eigenvalue weighted by Gasteiger charge is 2.26. The third-order valence-corrected chi connectivity index (χ3v) is 3.86. The summed E-state index contributed by atoms with van der Waals surface area (Å²) in [5, 5.41) is 0. The van der Waals surface area contributed by atoms with Crippen molar-refractivity contribution in [3.8, 4) is 0 Å². The van der Waals surface area contributed by atoms with Gasteiger partial charge in [-0.25, -0.2) is 4.98 Å². The van der Waals surface area contributed by atoms with Crippen LogP contribution in [0.15, 0.2) is 6.20 Å². The number of nitrogens with zero attached hydrogens (tertiary/aromatic N) is 3. The Morgan fingerprint density at radius 2 is 2.06 bits per heavy atom. The van der Waals surface area contributed by atoms with Gasteiger partial charge in [-0.2, -0.15) is 4.98 Å². The number of anilines is 2. The van der Waals surface area contributed by atoms with Crippen molar-refractivity contribution in [2.24, 2.45) is 5.92 Å². The van der Waals surface area contributed by atoms with Crippen LogP contribution in [-0.4, -0.2) is 23.1 Å². The zero-order valence-corrected chi connectivity index (χ0v) is 11.0. The van der Waals surface area contributed by atoms with Crippen molar-refractivity contribution in [2.45, 2.75) is 45.6 Å². The molecule has 17 heavy (non-hydrogen) atoms. The lowest BCUT2D eigenvalue weighted by Crippen LogP contribution is -2.39. The summed E-state index contributed by atoms with van der Waals surface area (Å²) in [4.78, 5) is 10.7. The van der Waals surface area contributed by atoms with Crippen LogP contribution in [0.3, 0.4) is 0 Å². The average molecular weight is 234 g/mol. The molecule has 0 bridgehead atoms. The predicted molar refractivity (Wildman–Crippen MR) is 71.0 cm³/mol. The summed E-state index contributed by atoms with van der Waals surface area (Å²) in [5.41, 5.74) is 6.78. The Labute approximate surface area is 103 Å². The van der Waals surface area contributed by atoms with E-state index in [1.54, 1.807) is 0 Å². The predicted octanol–water partition coefficient (Wildman–Crippen LogP) is 2.38. The highest BCUT2D eigenvalue weighted by atomic mass is 15.2. The Morgan fingerprint density at radius 3 is 2.76 bits per heavy atom. The van der Waals surface area contributed by atoms with Crippen LogP contribution in [0.5, 0.6) is 0 Å². The van der Waals surface area contributed by atoms with Crippen LogP contribution in [0.1, 0.15) is 38.2 Å². The largest absolute Gasteiger partial charge is 0.368 e. The van der Waals surface area contributed by atoms with Gasteiger partial charge in [-0.15, -0.1) is 0 Å². The van der Waals surface area contributed by atoms with Gasteiger partial charge in [0, 0.05) is 24.8 Å². The Bertz CT molecular complexity index is 391. The first-order valence-electron chi connectivity index (χ1n) is 6.41. The molecule has 1 heterocycles. The molecule has 94 valence electrons. The summed E-state index contributed by atoms with van der Waals surface area (Å²) >= 11 is 0. The summed E-state index contributed by atoms with van der Waals surface area (Å²) in [5.74, 6) is 2.07. The van der Waals surface area contributed by atoms with Crippen molar-refractivity contribution < 1.29 is 0 Å². The smallest absolute Gasteiger partial charge is 0.221 e. The fourth-order valence-corrected chi connectivity index (χ4v) is 2.83. The van der Waals surface area contributed by atoms with E-state index >= 15 is 0 Å². The monoisotopic (exact) mass is 234 g/mol. The van der Waals surface area contributed by atoms with Crippen molar-refractivity contribution in [3.63, 3.8) is 0 Å². The summed E-state index contributed by atoms with van der Waals surface area (Å²) < 4.78 is 0. The van der Waals surface area contributed by atoms with E-state index in [-0.39, 0.29) is 0 Å². The van der Waals surface area contributed by atoms with Crippen molar-refractivity contribution in [1.82, 2.24) is 9.97 Å². The van der Waals surface area contributed by atoms with Gasteiger partial charge in [0.25, 0.3) is 0 Å². The molecule has 0 aliphatic heterocycles. The van der Waals surface area contributed by atoms with E-state index in [0.717, 1.165) is 17.3 Å². The number of rotatable bonds is 2. The third kappa shape index (κ3) is 2.51. The maximum Gasteiger partial charge on any atom is 0.221 e. The first kappa shape index (κ1) is 12.1. The Hall–Kier alpha value is -1.32. The number of aromatic nitrogens is 2. The molecule has 2 atom stereocenters. The van der Waals surface area contributed by atoms with Gasteiger partial charge in [0.15, 0.2) is 0 Å². The molecule has 1 aliphatic carbocycles. The van der Waals surface area contributed by atoms with Crippen molar-refractivity contribution in [1.29, 1.82) is 0 Å². The molecule has 0 radical (unpaired) electrons. The molecular formula is C13H22N4. The van der Waals surface area contributed by atoms with E-state index in [1.807, 2.05) is 13.1 Å². The molecular weight excluding hydrogens is 212 g/mol. The molecule has 0 saturated heterocycles. The fourth-order valence-electron chi connectivity index (χ4n) is 2.83. The minimum absolute atomic E-state index is 0.362. The van der Waals surface area contributed by atoms with E-state index in [2.05, 4.69) is 28.8 Å². The highest BCUT2D eigenvalue weighted by Crippen LogP contribution is 2.30. The zero-order chi connectivity index (χ0) is 12.4. The van der Waals surface area contributed by atoms with Gasteiger partial charge in [-0.1, -0.05) is 19.8 Å². The molecule has 2 rings (SSSR count). The average Bonchev–Trinajstić information content (AvgIpc) is 2.32. The second-order valence-corrected chi connectivity index (χ2v) is 5.17. The Balaban J connectivity index is 2.23. The van der Waals surface area contributed by atoms with Gasteiger partial charge in [0.2, 0.25) is 5.95 Å². The second-order valence-electron chi connectivity index (χ2n) is 5.17. The number of nitrogens with two attached hydrogens (primary N) is 1. The lowest BCUT2D eigenvalue weighted by molar-refractivity contribution is 0.320. The molecule has 2 unspecified atom stereocenters. The van der Waals surface area contributed by atoms with Crippen LogP contribution in [0, 0.1) is 12.8 Å². The first-order valence-corrected chi connectivity index (χ1v) is 6.41. The minimum Gasteiger partial charge on any atom is -0.368 e. The van der Waals surface area contributed by atoms with Crippen molar-refractivity contribution in [2.75, 3.05) is 17.7 Å². The molecule has 4 nitrogen and oxygen atoms in total. The molecule has 1 aliphatic rings. The molecule has 2 N–H and O–H groups in total. The van der Waals surface area contributed by atoms with Crippen LogP contribution < -0.4 is 10.6 Å². The number of nitrogen functional groups attached to an aromatic ring is 1. The number of aryl methyl sites for hydroxylation is 1. The molecule has 1 aromatic rings. The van der Waals surface area contributed by atoms with E-state index in [4.69, 9.17) is 5.73 Å². The van der Waals surface area contributed by atoms with Gasteiger partial charge >= 0.3 is 0 Å². The SMILES string of the molecule is Cc1cnc(N)nc1N(C)C1CCCCC1C. The van der Waals surface area contributed by atoms with Crippen molar-refractivity contribution >= 4 is 11.8 Å². The number of hydrogen-bond donors (Lipinski definition) is 1. The molecule has 1 fully saturated rings.